The summed E-state index contributed by atoms with van der Waals surface area (Å²) in [7, 11) is 0. The molecule has 0 aromatic rings. The molecule has 8 heavy (non-hydrogen) atoms. The number of rotatable bonds is 0. The molecule has 0 unspecified atom stereocenters. The number of hydrogen-bond donors (Lipinski definition) is 2. The standard InChI is InChI=1S/C5H6N2S/c8-5-3-1-2-4(6-3)7-5/h1-4,6H,(H,7,8)/t3-,4-/m1/s1. The Labute approximate surface area is 53.0 Å². The largest absolute Gasteiger partial charge is 0.359 e. The first kappa shape index (κ1) is 4.47. The summed E-state index contributed by atoms with van der Waals surface area (Å²) in [5.41, 5.74) is 0. The molecule has 0 aliphatic carbocycles. The van der Waals surface area contributed by atoms with Gasteiger partial charge in [-0.05, 0) is 6.08 Å². The number of thiocarbonyl (C=S) groups is 1. The second-order valence-corrected chi connectivity index (χ2v) is 2.46. The van der Waals surface area contributed by atoms with Gasteiger partial charge >= 0.3 is 0 Å². The van der Waals surface area contributed by atoms with Crippen LogP contribution in [0.3, 0.4) is 0 Å². The fraction of sp³-hybridized carbons (Fsp3) is 0.400. The summed E-state index contributed by atoms with van der Waals surface area (Å²) < 4.78 is 0. The van der Waals surface area contributed by atoms with E-state index in [9.17, 15) is 0 Å². The van der Waals surface area contributed by atoms with Crippen molar-refractivity contribution in [1.82, 2.24) is 10.6 Å². The van der Waals surface area contributed by atoms with Crippen molar-refractivity contribution in [3.63, 3.8) is 0 Å². The van der Waals surface area contributed by atoms with Crippen LogP contribution in [0.1, 0.15) is 0 Å². The van der Waals surface area contributed by atoms with Crippen molar-refractivity contribution in [2.75, 3.05) is 0 Å². The molecule has 1 saturated heterocycles. The lowest BCUT2D eigenvalue weighted by molar-refractivity contribution is 0.681. The SMILES string of the molecule is S=C1N[C@@H]2C=C[C@H]1N2. The molecule has 0 spiro atoms. The minimum absolute atomic E-state index is 0.326. The van der Waals surface area contributed by atoms with Gasteiger partial charge in [0.05, 0.1) is 17.2 Å². The molecule has 1 fully saturated rings. The molecule has 0 aromatic heterocycles. The van der Waals surface area contributed by atoms with Gasteiger partial charge < -0.3 is 5.32 Å². The Hall–Kier alpha value is -0.410. The topological polar surface area (TPSA) is 24.1 Å². The van der Waals surface area contributed by atoms with Gasteiger partial charge in [-0.2, -0.15) is 0 Å². The third-order valence-corrected chi connectivity index (χ3v) is 1.81. The summed E-state index contributed by atoms with van der Waals surface area (Å²) in [6, 6.07) is 0.329. The number of fused-ring (bicyclic) bond motifs is 2. The van der Waals surface area contributed by atoms with E-state index in [1.807, 2.05) is 0 Å². The van der Waals surface area contributed by atoms with Gasteiger partial charge in [0.2, 0.25) is 0 Å². The fourth-order valence-electron chi connectivity index (χ4n) is 1.02. The molecule has 2 heterocycles. The second kappa shape index (κ2) is 1.30. The van der Waals surface area contributed by atoms with Crippen LogP contribution in [0.5, 0.6) is 0 Å². The first-order valence-electron chi connectivity index (χ1n) is 2.61. The molecule has 2 aliphatic rings. The lowest BCUT2D eigenvalue weighted by atomic mass is 10.3. The van der Waals surface area contributed by atoms with E-state index in [0.717, 1.165) is 4.99 Å². The Bertz CT molecular complexity index is 164. The van der Waals surface area contributed by atoms with Gasteiger partial charge in [0.15, 0.2) is 0 Å². The quantitative estimate of drug-likeness (QED) is 0.346. The minimum Gasteiger partial charge on any atom is -0.359 e. The Morgan fingerprint density at radius 3 is 2.62 bits per heavy atom. The Balaban J connectivity index is 2.35. The second-order valence-electron chi connectivity index (χ2n) is 2.02. The number of nitrogens with one attached hydrogen (secondary N) is 2. The molecule has 0 aromatic carbocycles. The van der Waals surface area contributed by atoms with E-state index >= 15 is 0 Å². The number of hydrogen-bond acceptors (Lipinski definition) is 2. The van der Waals surface area contributed by atoms with E-state index in [4.69, 9.17) is 12.2 Å². The van der Waals surface area contributed by atoms with Crippen LogP contribution in [0.25, 0.3) is 0 Å². The summed E-state index contributed by atoms with van der Waals surface area (Å²) in [6.45, 7) is 0. The van der Waals surface area contributed by atoms with Gasteiger partial charge in [-0.1, -0.05) is 18.3 Å². The van der Waals surface area contributed by atoms with E-state index in [-0.39, 0.29) is 0 Å². The average Bonchev–Trinajstić information content (AvgIpc) is 2.23. The van der Waals surface area contributed by atoms with Crippen molar-refractivity contribution in [1.29, 1.82) is 0 Å². The molecule has 0 amide bonds. The maximum absolute atomic E-state index is 4.95. The van der Waals surface area contributed by atoms with Gasteiger partial charge in [0, 0.05) is 0 Å². The van der Waals surface area contributed by atoms with E-state index in [1.165, 1.54) is 0 Å². The summed E-state index contributed by atoms with van der Waals surface area (Å²) in [5.74, 6) is 0. The van der Waals surface area contributed by atoms with Crippen molar-refractivity contribution in [3.05, 3.63) is 12.2 Å². The minimum atomic E-state index is 0.326. The van der Waals surface area contributed by atoms with Crippen LogP contribution in [0.4, 0.5) is 0 Å². The smallest absolute Gasteiger partial charge is 0.0981 e. The van der Waals surface area contributed by atoms with Crippen LogP contribution < -0.4 is 10.6 Å². The fourth-order valence-corrected chi connectivity index (χ4v) is 1.30. The highest BCUT2D eigenvalue weighted by atomic mass is 32.1. The van der Waals surface area contributed by atoms with E-state index in [2.05, 4.69) is 22.8 Å². The van der Waals surface area contributed by atoms with Gasteiger partial charge in [-0.3, -0.25) is 5.32 Å². The van der Waals surface area contributed by atoms with E-state index in [1.54, 1.807) is 0 Å². The Morgan fingerprint density at radius 1 is 1.50 bits per heavy atom. The summed E-state index contributed by atoms with van der Waals surface area (Å²) >= 11 is 4.95. The van der Waals surface area contributed by atoms with Crippen molar-refractivity contribution in [3.8, 4) is 0 Å². The third-order valence-electron chi connectivity index (χ3n) is 1.44. The third kappa shape index (κ3) is 0.428. The predicted octanol–water partition coefficient (Wildman–Crippen LogP) is -0.229. The van der Waals surface area contributed by atoms with Gasteiger partial charge in [0.25, 0.3) is 0 Å². The molecule has 2 aliphatic heterocycles. The summed E-state index contributed by atoms with van der Waals surface area (Å²) in [5, 5.41) is 6.30. The molecular formula is C5H6N2S. The monoisotopic (exact) mass is 126 g/mol. The highest BCUT2D eigenvalue weighted by Gasteiger charge is 2.28. The molecule has 0 radical (unpaired) electrons. The summed E-state index contributed by atoms with van der Waals surface area (Å²) in [4.78, 5) is 0.928. The first-order valence-corrected chi connectivity index (χ1v) is 3.02. The van der Waals surface area contributed by atoms with Crippen molar-refractivity contribution >= 4 is 17.2 Å². The lowest BCUT2D eigenvalue weighted by Gasteiger charge is -2.02. The van der Waals surface area contributed by atoms with Crippen LogP contribution in [-0.2, 0) is 0 Å². The van der Waals surface area contributed by atoms with Crippen LogP contribution in [0.15, 0.2) is 12.2 Å². The molecule has 0 saturated carbocycles. The molecule has 2 nitrogen and oxygen atoms in total. The van der Waals surface area contributed by atoms with Gasteiger partial charge in [0.1, 0.15) is 0 Å². The van der Waals surface area contributed by atoms with Crippen LogP contribution >= 0.6 is 12.2 Å². The highest BCUT2D eigenvalue weighted by Crippen LogP contribution is 2.08. The zero-order valence-corrected chi connectivity index (χ0v) is 5.03. The van der Waals surface area contributed by atoms with Crippen LogP contribution in [0.2, 0.25) is 0 Å². The van der Waals surface area contributed by atoms with Gasteiger partial charge in [-0.15, -0.1) is 0 Å². The first-order chi connectivity index (χ1) is 3.86. The Morgan fingerprint density at radius 2 is 2.38 bits per heavy atom. The maximum Gasteiger partial charge on any atom is 0.0981 e. The molecule has 2 atom stereocenters. The molecule has 2 rings (SSSR count). The van der Waals surface area contributed by atoms with Crippen LogP contribution in [0, 0.1) is 0 Å². The van der Waals surface area contributed by atoms with Gasteiger partial charge in [-0.25, -0.2) is 0 Å². The summed E-state index contributed by atoms with van der Waals surface area (Å²) in [6.07, 6.45) is 4.50. The predicted molar refractivity (Wildman–Crippen MR) is 35.6 cm³/mol. The van der Waals surface area contributed by atoms with Crippen molar-refractivity contribution < 1.29 is 0 Å². The van der Waals surface area contributed by atoms with Crippen molar-refractivity contribution in [2.45, 2.75) is 12.2 Å². The molecular weight excluding hydrogens is 120 g/mol. The highest BCUT2D eigenvalue weighted by molar-refractivity contribution is 7.80. The zero-order valence-electron chi connectivity index (χ0n) is 4.22. The normalized spacial score (nSPS) is 40.8. The average molecular weight is 126 g/mol. The molecule has 42 valence electrons. The van der Waals surface area contributed by atoms with E-state index < -0.39 is 0 Å². The Kier molecular flexibility index (Phi) is 0.725. The molecule has 2 N–H and O–H groups in total. The lowest BCUT2D eigenvalue weighted by Crippen LogP contribution is -2.28. The zero-order chi connectivity index (χ0) is 5.56. The molecule has 3 heteroatoms. The van der Waals surface area contributed by atoms with Crippen LogP contribution in [-0.4, -0.2) is 17.2 Å². The van der Waals surface area contributed by atoms with Crippen molar-refractivity contribution in [2.24, 2.45) is 0 Å². The molecule has 2 bridgehead atoms. The van der Waals surface area contributed by atoms with E-state index in [0.29, 0.717) is 12.2 Å². The maximum atomic E-state index is 4.95.